The third-order valence-corrected chi connectivity index (χ3v) is 4.69. The number of amides is 1. The summed E-state index contributed by atoms with van der Waals surface area (Å²) >= 11 is 6.29. The Labute approximate surface area is 130 Å². The van der Waals surface area contributed by atoms with Gasteiger partial charge in [0, 0.05) is 25.7 Å². The van der Waals surface area contributed by atoms with E-state index < -0.39 is 0 Å². The van der Waals surface area contributed by atoms with Crippen LogP contribution in [0.15, 0.2) is 12.1 Å². The van der Waals surface area contributed by atoms with Crippen LogP contribution in [-0.2, 0) is 11.3 Å². The summed E-state index contributed by atoms with van der Waals surface area (Å²) in [4.78, 5) is 18.8. The molecule has 5 nitrogen and oxygen atoms in total. The van der Waals surface area contributed by atoms with Gasteiger partial charge in [-0.25, -0.2) is 4.98 Å². The number of rotatable bonds is 4. The Hall–Kier alpha value is -1.33. The first-order valence-corrected chi connectivity index (χ1v) is 7.98. The van der Waals surface area contributed by atoms with E-state index in [1.807, 2.05) is 19.1 Å². The van der Waals surface area contributed by atoms with Gasteiger partial charge in [0.2, 0.25) is 5.91 Å². The van der Waals surface area contributed by atoms with Crippen molar-refractivity contribution in [3.8, 4) is 0 Å². The third-order valence-electron chi connectivity index (χ3n) is 4.35. The minimum atomic E-state index is 0.134. The number of likely N-dealkylation sites (tertiary alicyclic amines) is 1. The third kappa shape index (κ3) is 2.99. The van der Waals surface area contributed by atoms with Crippen molar-refractivity contribution in [1.82, 2.24) is 15.2 Å². The van der Waals surface area contributed by atoms with Gasteiger partial charge < -0.3 is 10.6 Å². The van der Waals surface area contributed by atoms with Gasteiger partial charge in [0.15, 0.2) is 0 Å². The first kappa shape index (κ1) is 14.6. The van der Waals surface area contributed by atoms with Gasteiger partial charge in [0.1, 0.15) is 5.82 Å². The number of halogens is 1. The van der Waals surface area contributed by atoms with Gasteiger partial charge in [-0.3, -0.25) is 9.69 Å². The summed E-state index contributed by atoms with van der Waals surface area (Å²) in [5, 5.41) is 6.88. The molecule has 0 aliphatic carbocycles. The normalized spacial score (nSPS) is 25.5. The predicted octanol–water partition coefficient (Wildman–Crippen LogP) is 1.88. The minimum Gasteiger partial charge on any atom is -0.370 e. The monoisotopic (exact) mass is 308 g/mol. The zero-order valence-electron chi connectivity index (χ0n) is 12.2. The number of nitrogens with zero attached hydrogens (tertiary/aromatic N) is 2. The molecular weight excluding hydrogens is 288 g/mol. The van der Waals surface area contributed by atoms with Crippen molar-refractivity contribution in [1.29, 1.82) is 0 Å². The van der Waals surface area contributed by atoms with Crippen LogP contribution in [-0.4, -0.2) is 41.5 Å². The number of anilines is 1. The molecule has 1 aromatic heterocycles. The molecule has 2 saturated heterocycles. The summed E-state index contributed by atoms with van der Waals surface area (Å²) in [7, 11) is 0. The first-order chi connectivity index (χ1) is 10.2. The zero-order chi connectivity index (χ0) is 14.8. The molecule has 1 aromatic rings. The first-order valence-electron chi connectivity index (χ1n) is 7.60. The maximum atomic E-state index is 11.8. The van der Waals surface area contributed by atoms with E-state index in [-0.39, 0.29) is 17.9 Å². The molecule has 2 aliphatic rings. The van der Waals surface area contributed by atoms with Crippen LogP contribution in [0.25, 0.3) is 0 Å². The van der Waals surface area contributed by atoms with Crippen molar-refractivity contribution in [2.75, 3.05) is 25.0 Å². The molecule has 3 heterocycles. The van der Waals surface area contributed by atoms with Crippen LogP contribution in [0.3, 0.4) is 0 Å². The lowest BCUT2D eigenvalue weighted by molar-refractivity contribution is -0.124. The summed E-state index contributed by atoms with van der Waals surface area (Å²) in [6, 6.07) is 4.07. The fourth-order valence-corrected chi connectivity index (χ4v) is 3.47. The quantitative estimate of drug-likeness (QED) is 0.892. The molecule has 0 spiro atoms. The van der Waals surface area contributed by atoms with Crippen molar-refractivity contribution in [2.24, 2.45) is 5.92 Å². The Balaban J connectivity index is 1.76. The molecule has 114 valence electrons. The Kier molecular flexibility index (Phi) is 4.31. The number of hydrogen-bond acceptors (Lipinski definition) is 4. The van der Waals surface area contributed by atoms with Gasteiger partial charge >= 0.3 is 0 Å². The average Bonchev–Trinajstić information content (AvgIpc) is 2.86. The van der Waals surface area contributed by atoms with E-state index in [2.05, 4.69) is 20.5 Å². The lowest BCUT2D eigenvalue weighted by Crippen LogP contribution is -2.45. The summed E-state index contributed by atoms with van der Waals surface area (Å²) in [5.41, 5.74) is 0.884. The van der Waals surface area contributed by atoms with E-state index in [4.69, 9.17) is 11.6 Å². The van der Waals surface area contributed by atoms with Crippen molar-refractivity contribution in [3.63, 3.8) is 0 Å². The highest BCUT2D eigenvalue weighted by Gasteiger charge is 2.40. The summed E-state index contributed by atoms with van der Waals surface area (Å²) in [6.07, 6.45) is 2.05. The molecule has 3 rings (SSSR count). The molecule has 0 radical (unpaired) electrons. The molecule has 21 heavy (non-hydrogen) atoms. The highest BCUT2D eigenvalue weighted by molar-refractivity contribution is 6.31. The maximum Gasteiger partial charge on any atom is 0.224 e. The Morgan fingerprint density at radius 2 is 2.38 bits per heavy atom. The van der Waals surface area contributed by atoms with Gasteiger partial charge in [0.05, 0.1) is 16.6 Å². The van der Waals surface area contributed by atoms with Gasteiger partial charge in [-0.1, -0.05) is 11.6 Å². The fraction of sp³-hybridized carbons (Fsp3) is 0.600. The van der Waals surface area contributed by atoms with E-state index in [1.165, 1.54) is 0 Å². The van der Waals surface area contributed by atoms with Crippen LogP contribution in [0.5, 0.6) is 0 Å². The van der Waals surface area contributed by atoms with Crippen LogP contribution >= 0.6 is 11.6 Å². The van der Waals surface area contributed by atoms with Crippen LogP contribution in [0.2, 0.25) is 5.02 Å². The van der Waals surface area contributed by atoms with Crippen LogP contribution in [0.4, 0.5) is 5.82 Å². The average molecular weight is 309 g/mol. The highest BCUT2D eigenvalue weighted by Crippen LogP contribution is 2.29. The predicted molar refractivity (Wildman–Crippen MR) is 83.3 cm³/mol. The van der Waals surface area contributed by atoms with Crippen LogP contribution < -0.4 is 10.6 Å². The molecule has 0 aromatic carbocycles. The van der Waals surface area contributed by atoms with E-state index in [0.717, 1.165) is 44.0 Å². The van der Waals surface area contributed by atoms with E-state index in [1.54, 1.807) is 0 Å². The lowest BCUT2D eigenvalue weighted by atomic mass is 9.91. The summed E-state index contributed by atoms with van der Waals surface area (Å²) < 4.78 is 0. The zero-order valence-corrected chi connectivity index (χ0v) is 13.0. The smallest absolute Gasteiger partial charge is 0.224 e. The number of carbonyl (C=O) groups is 1. The topological polar surface area (TPSA) is 57.3 Å². The summed E-state index contributed by atoms with van der Waals surface area (Å²) in [5.74, 6) is 1.19. The SMILES string of the molecule is CCNc1ccc(Cl)c(CN2CCCC3C(=O)NCC32)n1. The number of piperidine rings is 1. The molecule has 2 atom stereocenters. The molecular formula is C15H21ClN4O. The second kappa shape index (κ2) is 6.20. The second-order valence-electron chi connectivity index (χ2n) is 5.69. The number of nitrogens with one attached hydrogen (secondary N) is 2. The second-order valence-corrected chi connectivity index (χ2v) is 6.09. The van der Waals surface area contributed by atoms with E-state index in [0.29, 0.717) is 11.6 Å². The molecule has 6 heteroatoms. The highest BCUT2D eigenvalue weighted by atomic mass is 35.5. The molecule has 0 saturated carbocycles. The molecule has 0 bridgehead atoms. The Bertz CT molecular complexity index is 536. The Morgan fingerprint density at radius 3 is 3.19 bits per heavy atom. The van der Waals surface area contributed by atoms with Gasteiger partial charge in [0.25, 0.3) is 0 Å². The number of hydrogen-bond donors (Lipinski definition) is 2. The van der Waals surface area contributed by atoms with E-state index >= 15 is 0 Å². The summed E-state index contributed by atoms with van der Waals surface area (Å²) in [6.45, 7) is 5.32. The van der Waals surface area contributed by atoms with Crippen LogP contribution in [0.1, 0.15) is 25.5 Å². The minimum absolute atomic E-state index is 0.134. The lowest BCUT2D eigenvalue weighted by Gasteiger charge is -2.35. The van der Waals surface area contributed by atoms with Crippen molar-refractivity contribution < 1.29 is 4.79 Å². The number of aromatic nitrogens is 1. The van der Waals surface area contributed by atoms with Gasteiger partial charge in [-0.15, -0.1) is 0 Å². The molecule has 2 unspecified atom stereocenters. The van der Waals surface area contributed by atoms with Crippen molar-refractivity contribution in [3.05, 3.63) is 22.8 Å². The van der Waals surface area contributed by atoms with Crippen molar-refractivity contribution >= 4 is 23.3 Å². The molecule has 2 fully saturated rings. The molecule has 1 amide bonds. The Morgan fingerprint density at radius 1 is 1.52 bits per heavy atom. The van der Waals surface area contributed by atoms with Gasteiger partial charge in [-0.2, -0.15) is 0 Å². The largest absolute Gasteiger partial charge is 0.370 e. The fourth-order valence-electron chi connectivity index (χ4n) is 3.30. The van der Waals surface area contributed by atoms with Crippen molar-refractivity contribution in [2.45, 2.75) is 32.4 Å². The van der Waals surface area contributed by atoms with E-state index in [9.17, 15) is 4.79 Å². The van der Waals surface area contributed by atoms with Gasteiger partial charge in [-0.05, 0) is 38.4 Å². The number of carbonyl (C=O) groups excluding carboxylic acids is 1. The molecule has 2 N–H and O–H groups in total. The standard InChI is InChI=1S/C15H21ClN4O/c1-2-17-14-6-5-11(16)12(19-14)9-20-7-3-4-10-13(20)8-18-15(10)21/h5-6,10,13H,2-4,7-9H2,1H3,(H,17,19)(H,18,21). The van der Waals surface area contributed by atoms with Crippen LogP contribution in [0, 0.1) is 5.92 Å². The maximum absolute atomic E-state index is 11.8. The number of fused-ring (bicyclic) bond motifs is 1. The number of pyridine rings is 1. The molecule has 2 aliphatic heterocycles.